The van der Waals surface area contributed by atoms with E-state index in [9.17, 15) is 19.7 Å². The number of thiazole rings is 1. The molecule has 1 N–H and O–H groups in total. The second kappa shape index (κ2) is 15.0. The lowest BCUT2D eigenvalue weighted by molar-refractivity contribution is -0.387. The number of halogens is 2. The number of rotatable bonds is 11. The molecule has 0 saturated carbocycles. The molecule has 16 heteroatoms. The van der Waals surface area contributed by atoms with Crippen LogP contribution in [-0.4, -0.2) is 44.4 Å². The minimum absolute atomic E-state index is 0.151. The number of allylic oxidation sites excluding steroid dienone is 1. The van der Waals surface area contributed by atoms with Gasteiger partial charge in [-0.3, -0.25) is 24.6 Å². The van der Waals surface area contributed by atoms with Gasteiger partial charge in [-0.1, -0.05) is 66.1 Å². The Morgan fingerprint density at radius 2 is 1.98 bits per heavy atom. The van der Waals surface area contributed by atoms with Crippen molar-refractivity contribution < 1.29 is 19.2 Å². The van der Waals surface area contributed by atoms with Crippen LogP contribution in [0.2, 0.25) is 10.0 Å². The van der Waals surface area contributed by atoms with Gasteiger partial charge in [-0.2, -0.15) is 0 Å². The highest BCUT2D eigenvalue weighted by Crippen LogP contribution is 2.36. The van der Waals surface area contributed by atoms with Gasteiger partial charge in [0, 0.05) is 16.7 Å². The summed E-state index contributed by atoms with van der Waals surface area (Å²) in [4.78, 5) is 49.2. The Labute approximate surface area is 303 Å². The van der Waals surface area contributed by atoms with E-state index < -0.39 is 22.5 Å². The topological polar surface area (TPSA) is 155 Å². The molecule has 0 amide bonds. The van der Waals surface area contributed by atoms with Gasteiger partial charge in [-0.25, -0.2) is 14.8 Å². The maximum Gasteiger partial charge on any atom is 0.338 e. The third kappa shape index (κ3) is 7.10. The summed E-state index contributed by atoms with van der Waals surface area (Å²) in [5.74, 6) is 0.381. The Bertz CT molecular complexity index is 2350. The smallest absolute Gasteiger partial charge is 0.338 e. The largest absolute Gasteiger partial charge is 0.497 e. The molecule has 6 rings (SSSR count). The number of fused-ring (bicyclic) bond motifs is 1. The number of nitrogens with one attached hydrogen (secondary N) is 1. The van der Waals surface area contributed by atoms with Crippen molar-refractivity contribution in [3.63, 3.8) is 0 Å². The van der Waals surface area contributed by atoms with Gasteiger partial charge < -0.3 is 9.47 Å². The molecule has 12 nitrogen and oxygen atoms in total. The second-order valence-corrected chi connectivity index (χ2v) is 13.7. The molecule has 256 valence electrons. The molecule has 1 atom stereocenters. The van der Waals surface area contributed by atoms with E-state index in [1.165, 1.54) is 17.7 Å². The predicted octanol–water partition coefficient (Wildman–Crippen LogP) is 6.74. The highest BCUT2D eigenvalue weighted by atomic mass is 35.5. The summed E-state index contributed by atoms with van der Waals surface area (Å²) in [6.45, 7) is 3.85. The van der Waals surface area contributed by atoms with Gasteiger partial charge in [0.15, 0.2) is 10.6 Å². The van der Waals surface area contributed by atoms with Crippen molar-refractivity contribution in [2.75, 3.05) is 13.7 Å². The molecule has 5 aromatic rings. The zero-order valence-electron chi connectivity index (χ0n) is 26.8. The van der Waals surface area contributed by atoms with Gasteiger partial charge in [0.25, 0.3) is 11.2 Å². The van der Waals surface area contributed by atoms with Crippen molar-refractivity contribution in [1.82, 2.24) is 19.7 Å². The van der Waals surface area contributed by atoms with Crippen molar-refractivity contribution in [3.05, 3.63) is 123 Å². The molecular weight excluding hydrogens is 723 g/mol. The lowest BCUT2D eigenvalue weighted by Crippen LogP contribution is -2.40. The standard InChI is InChI=1S/C34H28Cl2N6O6S2/c1-4-7-24-28(32(44)48-5-2)29(19-8-6-9-21(16-19)47-3)41-31(43)27(50-34(41)37-24)15-18-10-13-26(25(14-18)42(45)46)49-33-38-30(39-40-33)22-12-11-20(35)17-23(22)36/h6,8-17,29H,4-5,7H2,1-3H3,(H,38,39,40)/b27-15+/t29-/m0/s1. The van der Waals surface area contributed by atoms with Crippen LogP contribution in [0.5, 0.6) is 5.75 Å². The average Bonchev–Trinajstić information content (AvgIpc) is 3.68. The normalized spacial score (nSPS) is 14.3. The first-order chi connectivity index (χ1) is 24.1. The van der Waals surface area contributed by atoms with Crippen LogP contribution in [0.15, 0.2) is 91.8 Å². The van der Waals surface area contributed by atoms with Crippen LogP contribution >= 0.6 is 46.3 Å². The van der Waals surface area contributed by atoms with E-state index >= 15 is 0 Å². The van der Waals surface area contributed by atoms with E-state index in [0.29, 0.717) is 66.5 Å². The van der Waals surface area contributed by atoms with Gasteiger partial charge in [-0.05, 0) is 78.7 Å². The number of nitrogens with zero attached hydrogens (tertiary/aromatic N) is 5. The number of nitro groups is 1. The molecule has 0 fully saturated rings. The molecular formula is C34H28Cl2N6O6S2. The molecule has 1 aliphatic heterocycles. The number of hydrogen-bond acceptors (Lipinski definition) is 11. The fourth-order valence-corrected chi connectivity index (χ4v) is 7.76. The Balaban J connectivity index is 1.41. The highest BCUT2D eigenvalue weighted by molar-refractivity contribution is 7.99. The molecule has 0 radical (unpaired) electrons. The van der Waals surface area contributed by atoms with Gasteiger partial charge in [0.05, 0.1) is 50.4 Å². The van der Waals surface area contributed by atoms with Crippen LogP contribution in [0, 0.1) is 10.1 Å². The second-order valence-electron chi connectivity index (χ2n) is 10.9. The Kier molecular flexibility index (Phi) is 10.5. The number of aromatic amines is 1. The summed E-state index contributed by atoms with van der Waals surface area (Å²) in [6, 6.07) is 15.9. The van der Waals surface area contributed by atoms with Crippen molar-refractivity contribution in [2.24, 2.45) is 4.99 Å². The Morgan fingerprint density at radius 3 is 2.70 bits per heavy atom. The lowest BCUT2D eigenvalue weighted by Gasteiger charge is -2.26. The predicted molar refractivity (Wildman–Crippen MR) is 192 cm³/mol. The van der Waals surface area contributed by atoms with Crippen molar-refractivity contribution in [1.29, 1.82) is 0 Å². The Hall–Kier alpha value is -4.76. The molecule has 1 aliphatic rings. The molecule has 0 bridgehead atoms. The van der Waals surface area contributed by atoms with E-state index in [1.54, 1.807) is 61.5 Å². The maximum absolute atomic E-state index is 14.1. The lowest BCUT2D eigenvalue weighted by atomic mass is 9.94. The summed E-state index contributed by atoms with van der Waals surface area (Å²) < 4.78 is 12.7. The zero-order valence-corrected chi connectivity index (χ0v) is 30.0. The first-order valence-electron chi connectivity index (χ1n) is 15.3. The number of H-pyrrole nitrogens is 1. The first kappa shape index (κ1) is 35.1. The van der Waals surface area contributed by atoms with Gasteiger partial charge >= 0.3 is 5.97 Å². The number of ether oxygens (including phenoxy) is 2. The fraction of sp³-hybridized carbons (Fsp3) is 0.206. The summed E-state index contributed by atoms with van der Waals surface area (Å²) in [7, 11) is 1.54. The van der Waals surface area contributed by atoms with Crippen LogP contribution in [0.1, 0.15) is 43.9 Å². The van der Waals surface area contributed by atoms with Gasteiger partial charge in [0.1, 0.15) is 5.75 Å². The average molecular weight is 752 g/mol. The Morgan fingerprint density at radius 1 is 1.16 bits per heavy atom. The van der Waals surface area contributed by atoms with E-state index in [0.717, 1.165) is 23.1 Å². The van der Waals surface area contributed by atoms with Crippen LogP contribution < -0.4 is 19.6 Å². The number of esters is 1. The minimum atomic E-state index is -0.828. The third-order valence-electron chi connectivity index (χ3n) is 7.63. The van der Waals surface area contributed by atoms with E-state index in [1.807, 2.05) is 13.0 Å². The summed E-state index contributed by atoms with van der Waals surface area (Å²) in [5, 5.41) is 20.3. The summed E-state index contributed by atoms with van der Waals surface area (Å²) in [6.07, 6.45) is 2.78. The summed E-state index contributed by atoms with van der Waals surface area (Å²) in [5.41, 5.74) is 1.86. The number of aromatic nitrogens is 4. The molecule has 50 heavy (non-hydrogen) atoms. The monoisotopic (exact) mass is 750 g/mol. The molecule has 0 saturated heterocycles. The van der Waals surface area contributed by atoms with Gasteiger partial charge in [0.2, 0.25) is 5.16 Å². The van der Waals surface area contributed by atoms with Crippen molar-refractivity contribution >= 4 is 64.0 Å². The third-order valence-corrected chi connectivity index (χ3v) is 10.1. The molecule has 2 aromatic heterocycles. The molecule has 3 heterocycles. The van der Waals surface area contributed by atoms with Crippen LogP contribution in [0.4, 0.5) is 5.69 Å². The van der Waals surface area contributed by atoms with Crippen LogP contribution in [0.25, 0.3) is 17.5 Å². The van der Waals surface area contributed by atoms with Crippen molar-refractivity contribution in [3.8, 4) is 17.1 Å². The molecule has 0 spiro atoms. The molecule has 0 unspecified atom stereocenters. The quantitative estimate of drug-likeness (QED) is 0.0878. The highest BCUT2D eigenvalue weighted by Gasteiger charge is 2.34. The van der Waals surface area contributed by atoms with Crippen LogP contribution in [0.3, 0.4) is 0 Å². The number of carbonyl (C=O) groups excluding carboxylic acids is 1. The van der Waals surface area contributed by atoms with E-state index in [2.05, 4.69) is 15.2 Å². The SMILES string of the molecule is CCCC1=C(C(=O)OCC)[C@H](c2cccc(OC)c2)n2c(s/c(=C/c3ccc(Sc4n[nH]c(-c5ccc(Cl)cc5Cl)n4)c([N+](=O)[O-])c3)c2=O)=N1. The maximum atomic E-state index is 14.1. The number of hydrogen-bond donors (Lipinski definition) is 1. The number of methoxy groups -OCH3 is 1. The number of carbonyl (C=O) groups is 1. The number of benzene rings is 3. The number of nitro benzene ring substituents is 1. The van der Waals surface area contributed by atoms with Gasteiger partial charge in [-0.15, -0.1) is 5.10 Å². The fourth-order valence-electron chi connectivity index (χ4n) is 5.44. The van der Waals surface area contributed by atoms with Crippen LogP contribution in [-0.2, 0) is 9.53 Å². The van der Waals surface area contributed by atoms with E-state index in [-0.39, 0.29) is 27.6 Å². The molecule has 3 aromatic carbocycles. The molecule has 0 aliphatic carbocycles. The van der Waals surface area contributed by atoms with Crippen molar-refractivity contribution in [2.45, 2.75) is 42.8 Å². The van der Waals surface area contributed by atoms with E-state index in [4.69, 9.17) is 37.7 Å². The minimum Gasteiger partial charge on any atom is -0.497 e. The summed E-state index contributed by atoms with van der Waals surface area (Å²) >= 11 is 14.5. The first-order valence-corrected chi connectivity index (χ1v) is 17.7. The zero-order chi connectivity index (χ0) is 35.5.